The van der Waals surface area contributed by atoms with Gasteiger partial charge >= 0.3 is 5.97 Å². The monoisotopic (exact) mass is 286 g/mol. The zero-order valence-electron chi connectivity index (χ0n) is 12.0. The van der Waals surface area contributed by atoms with E-state index in [0.29, 0.717) is 13.0 Å². The molecule has 3 rings (SSSR count). The molecule has 0 radical (unpaired) electrons. The molecule has 2 heterocycles. The van der Waals surface area contributed by atoms with E-state index in [9.17, 15) is 14.7 Å². The zero-order chi connectivity index (χ0) is 15.0. The first-order chi connectivity index (χ1) is 10.1. The largest absolute Gasteiger partial charge is 0.480 e. The molecular weight excluding hydrogens is 268 g/mol. The quantitative estimate of drug-likeness (QED) is 0.939. The summed E-state index contributed by atoms with van der Waals surface area (Å²) >= 11 is 0. The van der Waals surface area contributed by atoms with Gasteiger partial charge < -0.3 is 14.6 Å². The van der Waals surface area contributed by atoms with Crippen LogP contribution in [0.25, 0.3) is 10.9 Å². The highest BCUT2D eigenvalue weighted by Gasteiger charge is 2.33. The summed E-state index contributed by atoms with van der Waals surface area (Å²) in [5.41, 5.74) is 2.02. The van der Waals surface area contributed by atoms with Crippen LogP contribution in [0.3, 0.4) is 0 Å². The van der Waals surface area contributed by atoms with Crippen molar-refractivity contribution in [1.82, 2.24) is 9.47 Å². The summed E-state index contributed by atoms with van der Waals surface area (Å²) in [6.07, 6.45) is 1.31. The first kappa shape index (κ1) is 13.7. The van der Waals surface area contributed by atoms with Gasteiger partial charge in [-0.1, -0.05) is 18.2 Å². The third kappa shape index (κ3) is 2.39. The van der Waals surface area contributed by atoms with Gasteiger partial charge in [0.1, 0.15) is 12.6 Å². The van der Waals surface area contributed by atoms with Crippen LogP contribution < -0.4 is 0 Å². The van der Waals surface area contributed by atoms with Gasteiger partial charge in [-0.2, -0.15) is 0 Å². The van der Waals surface area contributed by atoms with Crippen molar-refractivity contribution in [3.8, 4) is 0 Å². The van der Waals surface area contributed by atoms with E-state index in [0.717, 1.165) is 23.0 Å². The van der Waals surface area contributed by atoms with Crippen LogP contribution in [0.1, 0.15) is 18.5 Å². The van der Waals surface area contributed by atoms with Crippen molar-refractivity contribution >= 4 is 22.8 Å². The third-order valence-corrected chi connectivity index (χ3v) is 4.17. The molecule has 5 heteroatoms. The fourth-order valence-corrected chi connectivity index (χ4v) is 3.11. The van der Waals surface area contributed by atoms with E-state index in [1.54, 1.807) is 0 Å². The standard InChI is InChI=1S/C16H18N2O3/c1-11-9-12-5-2-3-6-13(12)18(11)10-15(19)17-8-4-7-14(17)16(20)21/h2-3,5-6,9,14H,4,7-8,10H2,1H3,(H,20,21)/t14-/m0/s1. The summed E-state index contributed by atoms with van der Waals surface area (Å²) in [7, 11) is 0. The summed E-state index contributed by atoms with van der Waals surface area (Å²) < 4.78 is 1.95. The second kappa shape index (κ2) is 5.24. The molecule has 0 spiro atoms. The SMILES string of the molecule is Cc1cc2ccccc2n1CC(=O)N1CCC[C@H]1C(=O)O. The normalized spacial score (nSPS) is 18.3. The number of carboxylic acid groups (broad SMARTS) is 1. The number of carboxylic acids is 1. The van der Waals surface area contributed by atoms with E-state index in [1.807, 2.05) is 41.8 Å². The summed E-state index contributed by atoms with van der Waals surface area (Å²) in [5, 5.41) is 10.3. The van der Waals surface area contributed by atoms with Crippen molar-refractivity contribution in [3.05, 3.63) is 36.0 Å². The van der Waals surface area contributed by atoms with Crippen molar-refractivity contribution in [1.29, 1.82) is 0 Å². The maximum Gasteiger partial charge on any atom is 0.326 e. The lowest BCUT2D eigenvalue weighted by Gasteiger charge is -2.22. The maximum absolute atomic E-state index is 12.5. The van der Waals surface area contributed by atoms with Gasteiger partial charge in [-0.3, -0.25) is 4.79 Å². The van der Waals surface area contributed by atoms with Gasteiger partial charge in [0.15, 0.2) is 0 Å². The summed E-state index contributed by atoms with van der Waals surface area (Å²) in [4.78, 5) is 25.2. The Morgan fingerprint density at radius 2 is 2.10 bits per heavy atom. The van der Waals surface area contributed by atoms with Crippen LogP contribution >= 0.6 is 0 Å². The molecule has 1 aliphatic rings. The Kier molecular flexibility index (Phi) is 3.41. The maximum atomic E-state index is 12.5. The van der Waals surface area contributed by atoms with Crippen molar-refractivity contribution in [2.75, 3.05) is 6.54 Å². The average molecular weight is 286 g/mol. The number of aliphatic carboxylic acids is 1. The number of amides is 1. The van der Waals surface area contributed by atoms with Crippen molar-refractivity contribution in [2.24, 2.45) is 0 Å². The number of hydrogen-bond acceptors (Lipinski definition) is 2. The Morgan fingerprint density at radius 1 is 1.33 bits per heavy atom. The van der Waals surface area contributed by atoms with Gasteiger partial charge in [0, 0.05) is 17.8 Å². The van der Waals surface area contributed by atoms with Gasteiger partial charge in [0.05, 0.1) is 0 Å². The fourth-order valence-electron chi connectivity index (χ4n) is 3.11. The van der Waals surface area contributed by atoms with Crippen molar-refractivity contribution in [3.63, 3.8) is 0 Å². The highest BCUT2D eigenvalue weighted by molar-refractivity contribution is 5.87. The Morgan fingerprint density at radius 3 is 2.86 bits per heavy atom. The van der Waals surface area contributed by atoms with E-state index in [1.165, 1.54) is 4.90 Å². The first-order valence-corrected chi connectivity index (χ1v) is 7.15. The van der Waals surface area contributed by atoms with Gasteiger partial charge in [-0.25, -0.2) is 4.79 Å². The van der Waals surface area contributed by atoms with Crippen LogP contribution in [0, 0.1) is 6.92 Å². The Bertz CT molecular complexity index is 705. The second-order valence-corrected chi connectivity index (χ2v) is 5.51. The average Bonchev–Trinajstić information content (AvgIpc) is 3.04. The van der Waals surface area contributed by atoms with E-state index in [2.05, 4.69) is 0 Å². The molecule has 1 atom stereocenters. The molecule has 1 amide bonds. The lowest BCUT2D eigenvalue weighted by molar-refractivity contribution is -0.148. The number of aryl methyl sites for hydroxylation is 1. The fraction of sp³-hybridized carbons (Fsp3) is 0.375. The lowest BCUT2D eigenvalue weighted by atomic mass is 10.2. The Hall–Kier alpha value is -2.30. The van der Waals surface area contributed by atoms with Crippen LogP contribution in [0.5, 0.6) is 0 Å². The van der Waals surface area contributed by atoms with Gasteiger partial charge in [0.25, 0.3) is 0 Å². The number of fused-ring (bicyclic) bond motifs is 1. The zero-order valence-corrected chi connectivity index (χ0v) is 12.0. The Balaban J connectivity index is 1.87. The summed E-state index contributed by atoms with van der Waals surface area (Å²) in [6, 6.07) is 9.28. The number of para-hydroxylation sites is 1. The molecule has 1 fully saturated rings. The highest BCUT2D eigenvalue weighted by Crippen LogP contribution is 2.22. The molecule has 21 heavy (non-hydrogen) atoms. The number of carbonyl (C=O) groups is 2. The van der Waals surface area contributed by atoms with Crippen LogP contribution in [0.15, 0.2) is 30.3 Å². The predicted octanol–water partition coefficient (Wildman–Crippen LogP) is 2.03. The van der Waals surface area contributed by atoms with E-state index < -0.39 is 12.0 Å². The molecule has 1 aromatic heterocycles. The summed E-state index contributed by atoms with van der Waals surface area (Å²) in [6.45, 7) is 2.70. The highest BCUT2D eigenvalue weighted by atomic mass is 16.4. The third-order valence-electron chi connectivity index (χ3n) is 4.17. The second-order valence-electron chi connectivity index (χ2n) is 5.51. The molecule has 110 valence electrons. The number of carbonyl (C=O) groups excluding carboxylic acids is 1. The molecule has 0 saturated carbocycles. The molecule has 1 N–H and O–H groups in total. The predicted molar refractivity (Wildman–Crippen MR) is 79.0 cm³/mol. The first-order valence-electron chi connectivity index (χ1n) is 7.15. The van der Waals surface area contributed by atoms with Gasteiger partial charge in [-0.05, 0) is 37.3 Å². The minimum absolute atomic E-state index is 0.121. The molecule has 1 aromatic carbocycles. The van der Waals surface area contributed by atoms with E-state index in [4.69, 9.17) is 0 Å². The minimum atomic E-state index is -0.907. The number of likely N-dealkylation sites (tertiary alicyclic amines) is 1. The number of hydrogen-bond donors (Lipinski definition) is 1. The summed E-state index contributed by atoms with van der Waals surface area (Å²) in [5.74, 6) is -1.03. The van der Waals surface area contributed by atoms with E-state index >= 15 is 0 Å². The molecule has 0 aliphatic carbocycles. The van der Waals surface area contributed by atoms with E-state index in [-0.39, 0.29) is 12.5 Å². The molecule has 0 bridgehead atoms. The van der Waals surface area contributed by atoms with Crippen molar-refractivity contribution in [2.45, 2.75) is 32.4 Å². The molecule has 2 aromatic rings. The molecule has 1 saturated heterocycles. The van der Waals surface area contributed by atoms with Crippen LogP contribution in [-0.4, -0.2) is 39.0 Å². The number of benzene rings is 1. The van der Waals surface area contributed by atoms with Crippen LogP contribution in [0.4, 0.5) is 0 Å². The molecule has 0 unspecified atom stereocenters. The Labute approximate surface area is 122 Å². The molecular formula is C16H18N2O3. The number of aromatic nitrogens is 1. The molecule has 1 aliphatic heterocycles. The molecule has 5 nitrogen and oxygen atoms in total. The number of nitrogens with zero attached hydrogens (tertiary/aromatic N) is 2. The van der Waals surface area contributed by atoms with Crippen LogP contribution in [0.2, 0.25) is 0 Å². The van der Waals surface area contributed by atoms with Gasteiger partial charge in [-0.15, -0.1) is 0 Å². The van der Waals surface area contributed by atoms with Crippen LogP contribution in [-0.2, 0) is 16.1 Å². The number of rotatable bonds is 3. The smallest absolute Gasteiger partial charge is 0.326 e. The van der Waals surface area contributed by atoms with Crippen molar-refractivity contribution < 1.29 is 14.7 Å². The lowest BCUT2D eigenvalue weighted by Crippen LogP contribution is -2.42. The minimum Gasteiger partial charge on any atom is -0.480 e. The van der Waals surface area contributed by atoms with Gasteiger partial charge in [0.2, 0.25) is 5.91 Å². The topological polar surface area (TPSA) is 62.5 Å².